The molecule has 108 valence electrons. The summed E-state index contributed by atoms with van der Waals surface area (Å²) in [5.41, 5.74) is 2.49. The van der Waals surface area contributed by atoms with E-state index in [1.807, 2.05) is 22.8 Å². The fraction of sp³-hybridized carbons (Fsp3) is 0.200. The molecule has 0 N–H and O–H groups in total. The number of hydrogen-bond acceptors (Lipinski definition) is 2. The number of aryl methyl sites for hydroxylation is 2. The molecule has 0 aliphatic heterocycles. The van der Waals surface area contributed by atoms with Crippen LogP contribution in [-0.2, 0) is 18.8 Å². The van der Waals surface area contributed by atoms with Crippen LogP contribution in [0.5, 0.6) is 0 Å². The van der Waals surface area contributed by atoms with Crippen molar-refractivity contribution in [2.45, 2.75) is 18.8 Å². The normalized spacial score (nSPS) is 11.2. The van der Waals surface area contributed by atoms with Crippen LogP contribution < -0.4 is 0 Å². The van der Waals surface area contributed by atoms with Crippen molar-refractivity contribution in [2.75, 3.05) is 0 Å². The van der Waals surface area contributed by atoms with E-state index >= 15 is 0 Å². The predicted octanol–water partition coefficient (Wildman–Crippen LogP) is 4.31. The molecule has 0 aliphatic rings. The first kappa shape index (κ1) is 14.5. The minimum atomic E-state index is -0.321. The van der Waals surface area contributed by atoms with Crippen LogP contribution >= 0.6 is 27.5 Å². The summed E-state index contributed by atoms with van der Waals surface area (Å²) in [5, 5.41) is 0. The molecule has 3 nitrogen and oxygen atoms in total. The Balaban J connectivity index is 1.98. The van der Waals surface area contributed by atoms with Gasteiger partial charge in [-0.3, -0.25) is 4.98 Å². The number of halogens is 3. The molecule has 0 unspecified atom stereocenters. The zero-order chi connectivity index (χ0) is 14.8. The second-order valence-electron chi connectivity index (χ2n) is 4.64. The molecule has 0 bridgehead atoms. The van der Waals surface area contributed by atoms with Crippen molar-refractivity contribution >= 4 is 38.6 Å². The van der Waals surface area contributed by atoms with Crippen LogP contribution in [0.15, 0.2) is 41.0 Å². The quantitative estimate of drug-likeness (QED) is 0.642. The Morgan fingerprint density at radius 3 is 2.86 bits per heavy atom. The van der Waals surface area contributed by atoms with Gasteiger partial charge in [0, 0.05) is 30.9 Å². The molecule has 3 aromatic rings. The highest BCUT2D eigenvalue weighted by molar-refractivity contribution is 9.10. The Morgan fingerprint density at radius 2 is 2.14 bits per heavy atom. The van der Waals surface area contributed by atoms with Gasteiger partial charge in [-0.05, 0) is 34.1 Å². The van der Waals surface area contributed by atoms with E-state index in [4.69, 9.17) is 11.6 Å². The maximum atomic E-state index is 13.6. The molecule has 1 aromatic carbocycles. The summed E-state index contributed by atoms with van der Waals surface area (Å²) in [5.74, 6) is 0.703. The fourth-order valence-electron chi connectivity index (χ4n) is 2.29. The molecule has 21 heavy (non-hydrogen) atoms. The van der Waals surface area contributed by atoms with Crippen molar-refractivity contribution in [3.63, 3.8) is 0 Å². The molecule has 0 amide bonds. The summed E-state index contributed by atoms with van der Waals surface area (Å²) in [6.45, 7) is 0.702. The number of rotatable bonds is 4. The van der Waals surface area contributed by atoms with Gasteiger partial charge in [0.05, 0.1) is 21.4 Å². The van der Waals surface area contributed by atoms with Gasteiger partial charge >= 0.3 is 0 Å². The van der Waals surface area contributed by atoms with Crippen LogP contribution in [-0.4, -0.2) is 14.5 Å². The Bertz CT molecular complexity index is 773. The third kappa shape index (κ3) is 2.94. The molecule has 0 radical (unpaired) electrons. The van der Waals surface area contributed by atoms with Crippen LogP contribution in [0.2, 0.25) is 0 Å². The van der Waals surface area contributed by atoms with E-state index in [0.29, 0.717) is 16.5 Å². The van der Waals surface area contributed by atoms with E-state index in [-0.39, 0.29) is 11.7 Å². The van der Waals surface area contributed by atoms with Crippen LogP contribution in [0.25, 0.3) is 11.0 Å². The molecular formula is C15H12BrClFN3. The first-order chi connectivity index (χ1) is 10.2. The minimum absolute atomic E-state index is 0.288. The van der Waals surface area contributed by atoms with Crippen molar-refractivity contribution < 1.29 is 4.39 Å². The number of aromatic nitrogens is 3. The third-order valence-electron chi connectivity index (χ3n) is 3.31. The van der Waals surface area contributed by atoms with Gasteiger partial charge in [0.25, 0.3) is 0 Å². The summed E-state index contributed by atoms with van der Waals surface area (Å²) in [7, 11) is 0. The summed E-state index contributed by atoms with van der Waals surface area (Å²) in [6, 6.07) is 9.00. The van der Waals surface area contributed by atoms with E-state index in [1.165, 1.54) is 6.07 Å². The second kappa shape index (κ2) is 6.12. The van der Waals surface area contributed by atoms with Gasteiger partial charge in [-0.2, -0.15) is 0 Å². The van der Waals surface area contributed by atoms with Gasteiger partial charge in [0.2, 0.25) is 0 Å². The highest BCUT2D eigenvalue weighted by Gasteiger charge is 2.13. The summed E-state index contributed by atoms with van der Waals surface area (Å²) < 4.78 is 16.0. The fourth-order valence-corrected chi connectivity index (χ4v) is 2.83. The van der Waals surface area contributed by atoms with Gasteiger partial charge < -0.3 is 4.57 Å². The molecule has 6 heteroatoms. The first-order valence-electron chi connectivity index (χ1n) is 6.49. The molecule has 2 heterocycles. The molecule has 3 rings (SSSR count). The molecule has 0 fully saturated rings. The Kier molecular flexibility index (Phi) is 4.22. The third-order valence-corrected chi connectivity index (χ3v) is 4.15. The molecule has 0 atom stereocenters. The molecule has 0 saturated carbocycles. The zero-order valence-corrected chi connectivity index (χ0v) is 13.4. The Morgan fingerprint density at radius 1 is 1.29 bits per heavy atom. The van der Waals surface area contributed by atoms with Gasteiger partial charge in [0.1, 0.15) is 11.6 Å². The number of hydrogen-bond donors (Lipinski definition) is 0. The largest absolute Gasteiger partial charge is 0.327 e. The van der Waals surface area contributed by atoms with Crippen LogP contribution in [0.3, 0.4) is 0 Å². The van der Waals surface area contributed by atoms with Crippen molar-refractivity contribution in [3.05, 3.63) is 58.3 Å². The number of nitrogens with zero attached hydrogens (tertiary/aromatic N) is 3. The highest BCUT2D eigenvalue weighted by atomic mass is 79.9. The lowest BCUT2D eigenvalue weighted by Gasteiger charge is -2.07. The van der Waals surface area contributed by atoms with Gasteiger partial charge in [0.15, 0.2) is 0 Å². The summed E-state index contributed by atoms with van der Waals surface area (Å²) >= 11 is 9.18. The van der Waals surface area contributed by atoms with Crippen LogP contribution in [0.4, 0.5) is 4.39 Å². The van der Waals surface area contributed by atoms with E-state index in [0.717, 1.165) is 23.5 Å². The molecule has 2 aromatic heterocycles. The molecule has 0 aliphatic carbocycles. The Hall–Kier alpha value is -1.46. The highest BCUT2D eigenvalue weighted by Crippen LogP contribution is 2.25. The lowest BCUT2D eigenvalue weighted by Crippen LogP contribution is -2.06. The lowest BCUT2D eigenvalue weighted by atomic mass is 10.2. The second-order valence-corrected chi connectivity index (χ2v) is 5.76. The average molecular weight is 369 g/mol. The smallest absolute Gasteiger partial charge is 0.139 e. The van der Waals surface area contributed by atoms with Gasteiger partial charge in [-0.25, -0.2) is 9.37 Å². The van der Waals surface area contributed by atoms with E-state index in [1.54, 1.807) is 12.3 Å². The monoisotopic (exact) mass is 367 g/mol. The topological polar surface area (TPSA) is 30.7 Å². The number of pyridine rings is 1. The van der Waals surface area contributed by atoms with Gasteiger partial charge in [-0.1, -0.05) is 6.07 Å². The van der Waals surface area contributed by atoms with Crippen LogP contribution in [0.1, 0.15) is 11.5 Å². The van der Waals surface area contributed by atoms with Crippen LogP contribution in [0, 0.1) is 5.82 Å². The average Bonchev–Trinajstić information content (AvgIpc) is 2.83. The summed E-state index contributed by atoms with van der Waals surface area (Å²) in [4.78, 5) is 8.70. The predicted molar refractivity (Wildman–Crippen MR) is 84.9 cm³/mol. The zero-order valence-electron chi connectivity index (χ0n) is 11.1. The lowest BCUT2D eigenvalue weighted by molar-refractivity contribution is 0.622. The Labute approximate surface area is 134 Å². The van der Waals surface area contributed by atoms with Crippen molar-refractivity contribution in [2.24, 2.45) is 0 Å². The molecule has 0 spiro atoms. The van der Waals surface area contributed by atoms with E-state index in [2.05, 4.69) is 25.9 Å². The minimum Gasteiger partial charge on any atom is -0.327 e. The first-order valence-corrected chi connectivity index (χ1v) is 7.82. The number of alkyl halides is 1. The van der Waals surface area contributed by atoms with Gasteiger partial charge in [-0.15, -0.1) is 11.6 Å². The standard InChI is InChI=1S/C15H12BrClFN3/c16-11-7-14-13(8-12(11)18)20-15(9-17)21(14)6-4-10-3-1-2-5-19-10/h1-3,5,7-8H,4,6,9H2. The van der Waals surface area contributed by atoms with Crippen molar-refractivity contribution in [1.29, 1.82) is 0 Å². The SMILES string of the molecule is Fc1cc2nc(CCl)n(CCc3ccccn3)c2cc1Br. The summed E-state index contributed by atoms with van der Waals surface area (Å²) in [6.07, 6.45) is 2.54. The molecular weight excluding hydrogens is 357 g/mol. The maximum absolute atomic E-state index is 13.6. The van der Waals surface area contributed by atoms with Crippen molar-refractivity contribution in [1.82, 2.24) is 14.5 Å². The van der Waals surface area contributed by atoms with E-state index in [9.17, 15) is 4.39 Å². The van der Waals surface area contributed by atoms with Crippen molar-refractivity contribution in [3.8, 4) is 0 Å². The maximum Gasteiger partial charge on any atom is 0.139 e. The van der Waals surface area contributed by atoms with E-state index < -0.39 is 0 Å². The number of fused-ring (bicyclic) bond motifs is 1. The molecule has 0 saturated heterocycles. The number of imidazole rings is 1. The number of benzene rings is 1.